The average Bonchev–Trinajstić information content (AvgIpc) is 2.05. The Balaban J connectivity index is 2.85. The lowest BCUT2D eigenvalue weighted by molar-refractivity contribution is 0.0749. The summed E-state index contributed by atoms with van der Waals surface area (Å²) in [6.07, 6.45) is 2.74. The molecule has 0 atom stereocenters. The molecule has 0 aliphatic carbocycles. The Bertz CT molecular complexity index is 226. The second kappa shape index (κ2) is 3.07. The minimum absolute atomic E-state index is 0.366. The Hall–Kier alpha value is -1.23. The summed E-state index contributed by atoms with van der Waals surface area (Å²) in [5, 5.41) is 6.97. The molecule has 0 aliphatic heterocycles. The maximum atomic E-state index is 10.7. The standard InChI is InChI=1S/C5H3N2O2Si/c8-5(9-10)4-1-2-6-7-3-4/h1-3H. The number of hydrogen-bond acceptors (Lipinski definition) is 4. The fraction of sp³-hybridized carbons (Fsp3) is 0. The first-order valence-corrected chi connectivity index (χ1v) is 2.90. The van der Waals surface area contributed by atoms with Crippen molar-refractivity contribution in [1.82, 2.24) is 10.2 Å². The van der Waals surface area contributed by atoms with Gasteiger partial charge in [-0.05, 0) is 6.07 Å². The van der Waals surface area contributed by atoms with E-state index >= 15 is 0 Å². The molecule has 0 aromatic carbocycles. The lowest BCUT2D eigenvalue weighted by Gasteiger charge is -1.94. The lowest BCUT2D eigenvalue weighted by Crippen LogP contribution is -2.02. The summed E-state index contributed by atoms with van der Waals surface area (Å²) in [6.45, 7) is 0. The van der Waals surface area contributed by atoms with Crippen molar-refractivity contribution in [3.05, 3.63) is 24.0 Å². The highest BCUT2D eigenvalue weighted by Gasteiger charge is 2.02. The summed E-state index contributed by atoms with van der Waals surface area (Å²) in [7, 11) is 2.60. The van der Waals surface area contributed by atoms with Gasteiger partial charge in [0, 0.05) is 0 Å². The zero-order chi connectivity index (χ0) is 7.40. The Labute approximate surface area is 60.8 Å². The monoisotopic (exact) mass is 151 g/mol. The number of nitrogens with zero attached hydrogens (tertiary/aromatic N) is 2. The fourth-order valence-electron chi connectivity index (χ4n) is 0.470. The van der Waals surface area contributed by atoms with Gasteiger partial charge in [0.2, 0.25) is 0 Å². The van der Waals surface area contributed by atoms with E-state index in [0.717, 1.165) is 0 Å². The highest BCUT2D eigenvalue weighted by Crippen LogP contribution is 1.94. The minimum atomic E-state index is -0.480. The number of carbonyl (C=O) groups is 1. The van der Waals surface area contributed by atoms with Gasteiger partial charge in [-0.15, -0.1) is 0 Å². The summed E-state index contributed by atoms with van der Waals surface area (Å²) in [6, 6.07) is 1.51. The molecule has 0 saturated carbocycles. The smallest absolute Gasteiger partial charge is 0.345 e. The molecule has 10 heavy (non-hydrogen) atoms. The van der Waals surface area contributed by atoms with Gasteiger partial charge in [0.25, 0.3) is 0 Å². The van der Waals surface area contributed by atoms with E-state index in [9.17, 15) is 4.79 Å². The molecule has 1 aromatic rings. The van der Waals surface area contributed by atoms with Crippen LogP contribution in [0.4, 0.5) is 0 Å². The van der Waals surface area contributed by atoms with Crippen LogP contribution in [0.3, 0.4) is 0 Å². The van der Waals surface area contributed by atoms with Crippen molar-refractivity contribution in [1.29, 1.82) is 0 Å². The number of carbonyl (C=O) groups excluding carboxylic acids is 1. The molecule has 0 unspecified atom stereocenters. The predicted molar refractivity (Wildman–Crippen MR) is 33.2 cm³/mol. The highest BCUT2D eigenvalue weighted by molar-refractivity contribution is 6.09. The molecular weight excluding hydrogens is 148 g/mol. The first-order chi connectivity index (χ1) is 4.84. The van der Waals surface area contributed by atoms with Crippen LogP contribution >= 0.6 is 0 Å². The summed E-state index contributed by atoms with van der Waals surface area (Å²) in [5.41, 5.74) is 0.366. The molecule has 1 heterocycles. The van der Waals surface area contributed by atoms with Crippen molar-refractivity contribution in [2.24, 2.45) is 0 Å². The maximum absolute atomic E-state index is 10.7. The van der Waals surface area contributed by atoms with Crippen molar-refractivity contribution in [3.8, 4) is 0 Å². The molecule has 1 rings (SSSR count). The molecule has 0 bridgehead atoms. The Morgan fingerprint density at radius 2 is 2.40 bits per heavy atom. The van der Waals surface area contributed by atoms with E-state index in [1.165, 1.54) is 18.5 Å². The first-order valence-electron chi connectivity index (χ1n) is 2.49. The topological polar surface area (TPSA) is 52.1 Å². The third-order valence-corrected chi connectivity index (χ3v) is 1.10. The van der Waals surface area contributed by atoms with Crippen molar-refractivity contribution in [2.75, 3.05) is 0 Å². The number of aromatic nitrogens is 2. The lowest BCUT2D eigenvalue weighted by atomic mass is 10.3. The molecule has 0 fully saturated rings. The molecule has 0 spiro atoms. The van der Waals surface area contributed by atoms with Crippen LogP contribution in [0, 0.1) is 0 Å². The average molecular weight is 151 g/mol. The van der Waals surface area contributed by atoms with Gasteiger partial charge < -0.3 is 4.43 Å². The quantitative estimate of drug-likeness (QED) is 0.518. The van der Waals surface area contributed by atoms with Crippen LogP contribution in [0.15, 0.2) is 18.5 Å². The van der Waals surface area contributed by atoms with Gasteiger partial charge in [-0.25, -0.2) is 4.79 Å². The van der Waals surface area contributed by atoms with E-state index in [1.54, 1.807) is 0 Å². The largest absolute Gasteiger partial charge is 0.513 e. The molecular formula is C5H3N2O2Si. The van der Waals surface area contributed by atoms with Crippen LogP contribution in [-0.4, -0.2) is 26.7 Å². The molecule has 49 valence electrons. The highest BCUT2D eigenvalue weighted by atomic mass is 28.2. The molecule has 0 N–H and O–H groups in total. The second-order valence-electron chi connectivity index (χ2n) is 1.52. The van der Waals surface area contributed by atoms with Gasteiger partial charge in [-0.2, -0.15) is 10.2 Å². The summed E-state index contributed by atoms with van der Waals surface area (Å²) < 4.78 is 4.24. The van der Waals surface area contributed by atoms with Crippen molar-refractivity contribution in [2.45, 2.75) is 0 Å². The van der Waals surface area contributed by atoms with E-state index in [4.69, 9.17) is 0 Å². The van der Waals surface area contributed by atoms with Crippen molar-refractivity contribution in [3.63, 3.8) is 0 Å². The van der Waals surface area contributed by atoms with Gasteiger partial charge in [-0.3, -0.25) is 0 Å². The van der Waals surface area contributed by atoms with Gasteiger partial charge in [-0.1, -0.05) is 0 Å². The fourth-order valence-corrected chi connectivity index (χ4v) is 0.588. The third-order valence-electron chi connectivity index (χ3n) is 0.913. The van der Waals surface area contributed by atoms with E-state index in [2.05, 4.69) is 25.1 Å². The van der Waals surface area contributed by atoms with E-state index in [1.807, 2.05) is 0 Å². The zero-order valence-electron chi connectivity index (χ0n) is 4.94. The number of hydrogen-bond donors (Lipinski definition) is 0. The van der Waals surface area contributed by atoms with Crippen LogP contribution in [0.2, 0.25) is 0 Å². The predicted octanol–water partition coefficient (Wildman–Crippen LogP) is -0.283. The van der Waals surface area contributed by atoms with Crippen LogP contribution in [0.25, 0.3) is 0 Å². The molecule has 0 saturated heterocycles. The summed E-state index contributed by atoms with van der Waals surface area (Å²) in [4.78, 5) is 10.7. The molecule has 3 radical (unpaired) electrons. The molecule has 5 heteroatoms. The minimum Gasteiger partial charge on any atom is -0.513 e. The van der Waals surface area contributed by atoms with Crippen molar-refractivity contribution >= 4 is 16.5 Å². The van der Waals surface area contributed by atoms with E-state index in [-0.39, 0.29) is 0 Å². The normalized spacial score (nSPS) is 8.90. The first kappa shape index (κ1) is 6.88. The number of rotatable bonds is 1. The second-order valence-corrected chi connectivity index (χ2v) is 1.72. The third kappa shape index (κ3) is 1.38. The summed E-state index contributed by atoms with van der Waals surface area (Å²) in [5.74, 6) is -0.480. The molecule has 0 aliphatic rings. The van der Waals surface area contributed by atoms with Crippen molar-refractivity contribution < 1.29 is 9.22 Å². The Kier molecular flexibility index (Phi) is 2.11. The Morgan fingerprint density at radius 3 is 2.90 bits per heavy atom. The maximum Gasteiger partial charge on any atom is 0.345 e. The molecule has 4 nitrogen and oxygen atoms in total. The van der Waals surface area contributed by atoms with Gasteiger partial charge in [0.05, 0.1) is 18.0 Å². The van der Waals surface area contributed by atoms with Crippen LogP contribution < -0.4 is 0 Å². The molecule has 0 amide bonds. The van der Waals surface area contributed by atoms with E-state index in [0.29, 0.717) is 5.56 Å². The van der Waals surface area contributed by atoms with Gasteiger partial charge >= 0.3 is 16.5 Å². The van der Waals surface area contributed by atoms with Crippen LogP contribution in [0.5, 0.6) is 0 Å². The van der Waals surface area contributed by atoms with Crippen LogP contribution in [0.1, 0.15) is 10.4 Å². The summed E-state index contributed by atoms with van der Waals surface area (Å²) >= 11 is 0. The van der Waals surface area contributed by atoms with Crippen LogP contribution in [-0.2, 0) is 4.43 Å². The molecule has 1 aromatic heterocycles. The van der Waals surface area contributed by atoms with Gasteiger partial charge in [0.15, 0.2) is 0 Å². The Morgan fingerprint density at radius 1 is 1.60 bits per heavy atom. The zero-order valence-corrected chi connectivity index (χ0v) is 5.94. The SMILES string of the molecule is O=C(O[Si])c1ccnnc1. The van der Waals surface area contributed by atoms with E-state index < -0.39 is 5.97 Å². The van der Waals surface area contributed by atoms with Gasteiger partial charge in [0.1, 0.15) is 0 Å².